The van der Waals surface area contributed by atoms with Gasteiger partial charge in [-0.2, -0.15) is 4.31 Å². The van der Waals surface area contributed by atoms with E-state index in [0.717, 1.165) is 0 Å². The third-order valence-corrected chi connectivity index (χ3v) is 4.72. The Labute approximate surface area is 103 Å². The molecule has 0 spiro atoms. The van der Waals surface area contributed by atoms with Crippen LogP contribution in [0.25, 0.3) is 0 Å². The molecule has 0 saturated heterocycles. The first kappa shape index (κ1) is 14.2. The minimum atomic E-state index is -3.46. The predicted octanol–water partition coefficient (Wildman–Crippen LogP) is 1.60. The van der Waals surface area contributed by atoms with E-state index < -0.39 is 10.0 Å². The summed E-state index contributed by atoms with van der Waals surface area (Å²) in [6, 6.07) is 6.33. The van der Waals surface area contributed by atoms with Gasteiger partial charge in [-0.05, 0) is 31.5 Å². The Balaban J connectivity index is 3.20. The summed E-state index contributed by atoms with van der Waals surface area (Å²) in [5, 5.41) is 9.02. The van der Waals surface area contributed by atoms with Crippen molar-refractivity contribution >= 4 is 10.0 Å². The van der Waals surface area contributed by atoms with Crippen LogP contribution in [-0.4, -0.2) is 30.4 Å². The van der Waals surface area contributed by atoms with E-state index in [2.05, 4.69) is 0 Å². The quantitative estimate of drug-likeness (QED) is 0.871. The lowest BCUT2D eigenvalue weighted by Crippen LogP contribution is -2.36. The number of aliphatic hydroxyl groups is 1. The number of benzene rings is 1. The van der Waals surface area contributed by atoms with Gasteiger partial charge in [-0.15, -0.1) is 0 Å². The summed E-state index contributed by atoms with van der Waals surface area (Å²) in [5.74, 6) is 0. The van der Waals surface area contributed by atoms with Gasteiger partial charge < -0.3 is 5.11 Å². The minimum absolute atomic E-state index is 0.0808. The van der Waals surface area contributed by atoms with Crippen molar-refractivity contribution in [2.75, 3.05) is 6.54 Å². The van der Waals surface area contributed by atoms with Gasteiger partial charge in [0.25, 0.3) is 0 Å². The van der Waals surface area contributed by atoms with E-state index in [9.17, 15) is 8.42 Å². The van der Waals surface area contributed by atoms with Gasteiger partial charge in [0.1, 0.15) is 0 Å². The van der Waals surface area contributed by atoms with Gasteiger partial charge in [0.05, 0.1) is 11.5 Å². The summed E-state index contributed by atoms with van der Waals surface area (Å²) in [6.45, 7) is 5.78. The normalized spacial score (nSPS) is 12.4. The zero-order chi connectivity index (χ0) is 13.1. The van der Waals surface area contributed by atoms with Crippen LogP contribution < -0.4 is 0 Å². The van der Waals surface area contributed by atoms with Crippen molar-refractivity contribution < 1.29 is 13.5 Å². The molecule has 0 unspecified atom stereocenters. The molecule has 1 N–H and O–H groups in total. The molecule has 0 atom stereocenters. The van der Waals surface area contributed by atoms with Crippen LogP contribution in [0.4, 0.5) is 0 Å². The number of hydrogen-bond acceptors (Lipinski definition) is 3. The molecule has 0 saturated carbocycles. The molecule has 0 heterocycles. The lowest BCUT2D eigenvalue weighted by atomic mass is 10.2. The second kappa shape index (κ2) is 5.62. The smallest absolute Gasteiger partial charge is 0.243 e. The predicted molar refractivity (Wildman–Crippen MR) is 67.1 cm³/mol. The highest BCUT2D eigenvalue weighted by Crippen LogP contribution is 2.19. The lowest BCUT2D eigenvalue weighted by Gasteiger charge is -2.24. The number of aliphatic hydroxyl groups excluding tert-OH is 1. The SMILES string of the molecule is CCN(C(C)C)S(=O)(=O)c1cccc(CO)c1. The maximum Gasteiger partial charge on any atom is 0.243 e. The van der Waals surface area contributed by atoms with Gasteiger partial charge in [0.15, 0.2) is 0 Å². The van der Waals surface area contributed by atoms with Crippen molar-refractivity contribution in [3.05, 3.63) is 29.8 Å². The average molecular weight is 257 g/mol. The molecule has 1 rings (SSSR count). The molecule has 1 aromatic rings. The summed E-state index contributed by atoms with van der Waals surface area (Å²) in [7, 11) is -3.46. The average Bonchev–Trinajstić information content (AvgIpc) is 2.29. The number of nitrogens with zero attached hydrogens (tertiary/aromatic N) is 1. The molecular formula is C12H19NO3S. The first-order chi connectivity index (χ1) is 7.93. The summed E-state index contributed by atoms with van der Waals surface area (Å²) in [6.07, 6.45) is 0. The van der Waals surface area contributed by atoms with Crippen molar-refractivity contribution in [2.24, 2.45) is 0 Å². The van der Waals surface area contributed by atoms with Crippen LogP contribution in [0.5, 0.6) is 0 Å². The van der Waals surface area contributed by atoms with E-state index in [-0.39, 0.29) is 17.5 Å². The van der Waals surface area contributed by atoms with Gasteiger partial charge in [0, 0.05) is 12.6 Å². The summed E-state index contributed by atoms with van der Waals surface area (Å²) in [4.78, 5) is 0.236. The van der Waals surface area contributed by atoms with Gasteiger partial charge in [-0.1, -0.05) is 19.1 Å². The standard InChI is InChI=1S/C12H19NO3S/c1-4-13(10(2)3)17(15,16)12-7-5-6-11(8-12)9-14/h5-8,10,14H,4,9H2,1-3H3. The molecule has 4 nitrogen and oxygen atoms in total. The summed E-state index contributed by atoms with van der Waals surface area (Å²) >= 11 is 0. The Hall–Kier alpha value is -0.910. The Morgan fingerprint density at radius 1 is 1.35 bits per heavy atom. The molecule has 0 aromatic heterocycles. The maximum absolute atomic E-state index is 12.3. The van der Waals surface area contributed by atoms with E-state index in [1.807, 2.05) is 20.8 Å². The molecule has 0 bridgehead atoms. The summed E-state index contributed by atoms with van der Waals surface area (Å²) in [5.41, 5.74) is 0.603. The first-order valence-electron chi connectivity index (χ1n) is 5.65. The van der Waals surface area contributed by atoms with Crippen LogP contribution in [0.15, 0.2) is 29.2 Å². The molecule has 0 aliphatic carbocycles. The first-order valence-corrected chi connectivity index (χ1v) is 7.09. The maximum atomic E-state index is 12.3. The van der Waals surface area contributed by atoms with Crippen molar-refractivity contribution in [3.8, 4) is 0 Å². The highest BCUT2D eigenvalue weighted by Gasteiger charge is 2.25. The lowest BCUT2D eigenvalue weighted by molar-refractivity contribution is 0.281. The number of sulfonamides is 1. The summed E-state index contributed by atoms with van der Waals surface area (Å²) < 4.78 is 26.1. The van der Waals surface area contributed by atoms with Crippen LogP contribution >= 0.6 is 0 Å². The van der Waals surface area contributed by atoms with Crippen LogP contribution in [0.1, 0.15) is 26.3 Å². The fourth-order valence-corrected chi connectivity index (χ4v) is 3.47. The largest absolute Gasteiger partial charge is 0.392 e. The molecule has 0 radical (unpaired) electrons. The van der Waals surface area contributed by atoms with Gasteiger partial charge >= 0.3 is 0 Å². The molecule has 5 heteroatoms. The Kier molecular flexibility index (Phi) is 4.68. The number of rotatable bonds is 5. The van der Waals surface area contributed by atoms with Crippen LogP contribution in [-0.2, 0) is 16.6 Å². The van der Waals surface area contributed by atoms with Crippen LogP contribution in [0, 0.1) is 0 Å². The van der Waals surface area contributed by atoms with Crippen molar-refractivity contribution in [3.63, 3.8) is 0 Å². The third kappa shape index (κ3) is 3.06. The molecular weight excluding hydrogens is 238 g/mol. The third-order valence-electron chi connectivity index (χ3n) is 2.58. The van der Waals surface area contributed by atoms with Crippen LogP contribution in [0.2, 0.25) is 0 Å². The van der Waals surface area contributed by atoms with Gasteiger partial charge in [0.2, 0.25) is 10.0 Å². The number of hydrogen-bond donors (Lipinski definition) is 1. The molecule has 17 heavy (non-hydrogen) atoms. The molecule has 96 valence electrons. The second-order valence-corrected chi connectivity index (χ2v) is 6.00. The van der Waals surface area contributed by atoms with Crippen molar-refractivity contribution in [1.82, 2.24) is 4.31 Å². The topological polar surface area (TPSA) is 57.6 Å². The van der Waals surface area contributed by atoms with E-state index >= 15 is 0 Å². The zero-order valence-corrected chi connectivity index (χ0v) is 11.2. The second-order valence-electron chi connectivity index (χ2n) is 4.11. The van der Waals surface area contributed by atoms with Gasteiger partial charge in [-0.25, -0.2) is 8.42 Å². The molecule has 1 aromatic carbocycles. The fraction of sp³-hybridized carbons (Fsp3) is 0.500. The van der Waals surface area contributed by atoms with Gasteiger partial charge in [-0.3, -0.25) is 0 Å². The highest BCUT2D eigenvalue weighted by atomic mass is 32.2. The monoisotopic (exact) mass is 257 g/mol. The Morgan fingerprint density at radius 3 is 2.47 bits per heavy atom. The van der Waals surface area contributed by atoms with E-state index in [1.165, 1.54) is 10.4 Å². The molecule has 0 amide bonds. The zero-order valence-electron chi connectivity index (χ0n) is 10.4. The fourth-order valence-electron chi connectivity index (χ4n) is 1.75. The van der Waals surface area contributed by atoms with E-state index in [1.54, 1.807) is 18.2 Å². The molecule has 0 fully saturated rings. The molecule has 0 aliphatic heterocycles. The Morgan fingerprint density at radius 2 is 2.00 bits per heavy atom. The van der Waals surface area contributed by atoms with Crippen molar-refractivity contribution in [1.29, 1.82) is 0 Å². The van der Waals surface area contributed by atoms with E-state index in [0.29, 0.717) is 12.1 Å². The molecule has 0 aliphatic rings. The Bertz CT molecular complexity index is 468. The minimum Gasteiger partial charge on any atom is -0.392 e. The van der Waals surface area contributed by atoms with Crippen LogP contribution in [0.3, 0.4) is 0 Å². The highest BCUT2D eigenvalue weighted by molar-refractivity contribution is 7.89. The van der Waals surface area contributed by atoms with E-state index in [4.69, 9.17) is 5.11 Å². The van der Waals surface area contributed by atoms with Crippen molar-refractivity contribution in [2.45, 2.75) is 38.3 Å².